The standard InChI is InChI=1S/C19H21ClN2O7S/c1-22(2)30(25,26)17-10-13(8-9-14(17)20)21-18(23)11-29-19(24)12-28-16-7-5-4-6-15(16)27-3/h4-10H,11-12H2,1-3H3,(H,21,23). The number of rotatable bonds is 9. The maximum absolute atomic E-state index is 12.3. The molecule has 0 heterocycles. The number of anilines is 1. The predicted molar refractivity (Wildman–Crippen MR) is 110 cm³/mol. The highest BCUT2D eigenvalue weighted by Gasteiger charge is 2.21. The molecule has 2 aromatic rings. The van der Waals surface area contributed by atoms with Gasteiger partial charge in [0.15, 0.2) is 24.7 Å². The van der Waals surface area contributed by atoms with Crippen LogP contribution >= 0.6 is 11.6 Å². The van der Waals surface area contributed by atoms with Crippen LogP contribution in [0.25, 0.3) is 0 Å². The Hall–Kier alpha value is -2.82. The van der Waals surface area contributed by atoms with Crippen LogP contribution in [0.4, 0.5) is 5.69 Å². The molecule has 1 N–H and O–H groups in total. The van der Waals surface area contributed by atoms with Crippen LogP contribution in [0.5, 0.6) is 11.5 Å². The Morgan fingerprint density at radius 3 is 2.37 bits per heavy atom. The second-order valence-electron chi connectivity index (χ2n) is 6.08. The number of esters is 1. The molecule has 0 unspecified atom stereocenters. The van der Waals surface area contributed by atoms with Gasteiger partial charge in [-0.3, -0.25) is 4.79 Å². The van der Waals surface area contributed by atoms with E-state index in [9.17, 15) is 18.0 Å². The van der Waals surface area contributed by atoms with Crippen LogP contribution in [0.1, 0.15) is 0 Å². The number of hydrogen-bond acceptors (Lipinski definition) is 7. The van der Waals surface area contributed by atoms with Crippen LogP contribution in [0.3, 0.4) is 0 Å². The van der Waals surface area contributed by atoms with Crippen molar-refractivity contribution in [3.63, 3.8) is 0 Å². The number of hydrogen-bond donors (Lipinski definition) is 1. The van der Waals surface area contributed by atoms with Gasteiger partial charge in [0.25, 0.3) is 5.91 Å². The van der Waals surface area contributed by atoms with E-state index in [4.69, 9.17) is 25.8 Å². The zero-order valence-corrected chi connectivity index (χ0v) is 18.1. The van der Waals surface area contributed by atoms with E-state index in [1.54, 1.807) is 24.3 Å². The minimum Gasteiger partial charge on any atom is -0.493 e. The third-order valence-corrected chi connectivity index (χ3v) is 6.05. The largest absolute Gasteiger partial charge is 0.493 e. The number of methoxy groups -OCH3 is 1. The highest BCUT2D eigenvalue weighted by atomic mass is 35.5. The van der Waals surface area contributed by atoms with Crippen LogP contribution in [0.2, 0.25) is 5.02 Å². The van der Waals surface area contributed by atoms with Crippen molar-refractivity contribution < 1.29 is 32.2 Å². The Morgan fingerprint density at radius 1 is 1.07 bits per heavy atom. The van der Waals surface area contributed by atoms with Crippen LogP contribution in [-0.4, -0.2) is 59.0 Å². The third kappa shape index (κ3) is 6.09. The van der Waals surface area contributed by atoms with Gasteiger partial charge in [-0.05, 0) is 30.3 Å². The van der Waals surface area contributed by atoms with E-state index >= 15 is 0 Å². The van der Waals surface area contributed by atoms with Crippen molar-refractivity contribution in [3.05, 3.63) is 47.5 Å². The maximum Gasteiger partial charge on any atom is 0.344 e. The number of halogens is 1. The molecule has 9 nitrogen and oxygen atoms in total. The molecule has 0 bridgehead atoms. The van der Waals surface area contributed by atoms with Gasteiger partial charge in [0, 0.05) is 19.8 Å². The molecule has 1 amide bonds. The summed E-state index contributed by atoms with van der Waals surface area (Å²) >= 11 is 5.96. The van der Waals surface area contributed by atoms with Gasteiger partial charge < -0.3 is 19.5 Å². The number of nitrogens with zero attached hydrogens (tertiary/aromatic N) is 1. The molecule has 0 spiro atoms. The van der Waals surface area contributed by atoms with Gasteiger partial charge in [-0.2, -0.15) is 0 Å². The Labute approximate surface area is 179 Å². The average Bonchev–Trinajstić information content (AvgIpc) is 2.72. The van der Waals surface area contributed by atoms with Crippen molar-refractivity contribution in [1.29, 1.82) is 0 Å². The summed E-state index contributed by atoms with van der Waals surface area (Å²) in [5.74, 6) is -0.606. The van der Waals surface area contributed by atoms with Gasteiger partial charge in [-0.1, -0.05) is 23.7 Å². The lowest BCUT2D eigenvalue weighted by Crippen LogP contribution is -2.24. The molecule has 11 heteroatoms. The molecule has 0 radical (unpaired) electrons. The molecule has 0 saturated carbocycles. The summed E-state index contributed by atoms with van der Waals surface area (Å²) in [6, 6.07) is 10.8. The number of sulfonamides is 1. The fourth-order valence-electron chi connectivity index (χ4n) is 2.23. The van der Waals surface area contributed by atoms with E-state index in [2.05, 4.69) is 5.32 Å². The Bertz CT molecular complexity index is 1030. The van der Waals surface area contributed by atoms with Crippen LogP contribution in [0, 0.1) is 0 Å². The van der Waals surface area contributed by atoms with Crippen molar-refractivity contribution in [1.82, 2.24) is 4.31 Å². The zero-order chi connectivity index (χ0) is 22.3. The number of carbonyl (C=O) groups is 2. The molecule has 162 valence electrons. The summed E-state index contributed by atoms with van der Waals surface area (Å²) in [6.45, 7) is -0.994. The lowest BCUT2D eigenvalue weighted by Gasteiger charge is -2.14. The summed E-state index contributed by atoms with van der Waals surface area (Å²) < 4.78 is 40.8. The molecule has 2 aromatic carbocycles. The maximum atomic E-state index is 12.3. The second kappa shape index (κ2) is 10.3. The third-order valence-electron chi connectivity index (χ3n) is 3.75. The summed E-state index contributed by atoms with van der Waals surface area (Å²) in [4.78, 5) is 23.7. The fourth-order valence-corrected chi connectivity index (χ4v) is 3.63. The van der Waals surface area contributed by atoms with Crippen LogP contribution < -0.4 is 14.8 Å². The van der Waals surface area contributed by atoms with Gasteiger partial charge in [-0.15, -0.1) is 0 Å². The SMILES string of the molecule is COc1ccccc1OCC(=O)OCC(=O)Nc1ccc(Cl)c(S(=O)(=O)N(C)C)c1. The smallest absolute Gasteiger partial charge is 0.344 e. The molecule has 0 aliphatic rings. The molecule has 2 rings (SSSR count). The number of benzene rings is 2. The Balaban J connectivity index is 1.91. The lowest BCUT2D eigenvalue weighted by molar-refractivity contribution is -0.149. The van der Waals surface area contributed by atoms with Crippen molar-refractivity contribution in [2.24, 2.45) is 0 Å². The van der Waals surface area contributed by atoms with E-state index in [-0.39, 0.29) is 15.6 Å². The first-order chi connectivity index (χ1) is 14.1. The molecule has 0 fully saturated rings. The first-order valence-corrected chi connectivity index (χ1v) is 10.4. The molecule has 0 atom stereocenters. The monoisotopic (exact) mass is 456 g/mol. The average molecular weight is 457 g/mol. The quantitative estimate of drug-likeness (QED) is 0.575. The van der Waals surface area contributed by atoms with Gasteiger partial charge in [0.2, 0.25) is 10.0 Å². The Morgan fingerprint density at radius 2 is 1.73 bits per heavy atom. The minimum absolute atomic E-state index is 0.0154. The van der Waals surface area contributed by atoms with Gasteiger partial charge in [0.05, 0.1) is 12.1 Å². The van der Waals surface area contributed by atoms with E-state index < -0.39 is 35.1 Å². The molecule has 0 saturated heterocycles. The molecular weight excluding hydrogens is 436 g/mol. The first-order valence-electron chi connectivity index (χ1n) is 8.58. The van der Waals surface area contributed by atoms with Crippen molar-refractivity contribution in [2.75, 3.05) is 39.7 Å². The highest BCUT2D eigenvalue weighted by molar-refractivity contribution is 7.89. The first kappa shape index (κ1) is 23.5. The fraction of sp³-hybridized carbons (Fsp3) is 0.263. The summed E-state index contributed by atoms with van der Waals surface area (Å²) in [5, 5.41) is 2.46. The Kier molecular flexibility index (Phi) is 8.04. The van der Waals surface area contributed by atoms with Crippen LogP contribution in [0.15, 0.2) is 47.4 Å². The lowest BCUT2D eigenvalue weighted by atomic mass is 10.3. The number of carbonyl (C=O) groups excluding carboxylic acids is 2. The topological polar surface area (TPSA) is 111 Å². The van der Waals surface area contributed by atoms with Crippen molar-refractivity contribution in [2.45, 2.75) is 4.90 Å². The highest BCUT2D eigenvalue weighted by Crippen LogP contribution is 2.27. The zero-order valence-electron chi connectivity index (χ0n) is 16.5. The summed E-state index contributed by atoms with van der Waals surface area (Å²) in [6.07, 6.45) is 0. The molecule has 0 aliphatic heterocycles. The summed E-state index contributed by atoms with van der Waals surface area (Å²) in [5.41, 5.74) is 0.186. The van der Waals surface area contributed by atoms with Crippen molar-refractivity contribution >= 4 is 39.2 Å². The molecule has 30 heavy (non-hydrogen) atoms. The molecule has 0 aliphatic carbocycles. The molecular formula is C19H21ClN2O7S. The number of amides is 1. The van der Waals surface area contributed by atoms with Gasteiger partial charge in [0.1, 0.15) is 4.90 Å². The number of nitrogens with one attached hydrogen (secondary N) is 1. The van der Waals surface area contributed by atoms with Gasteiger partial charge in [-0.25, -0.2) is 17.5 Å². The van der Waals surface area contributed by atoms with Crippen LogP contribution in [-0.2, 0) is 24.3 Å². The number of para-hydroxylation sites is 2. The van der Waals surface area contributed by atoms with E-state index in [1.165, 1.54) is 39.4 Å². The second-order valence-corrected chi connectivity index (χ2v) is 8.61. The van der Waals surface area contributed by atoms with E-state index in [1.807, 2.05) is 0 Å². The number of ether oxygens (including phenoxy) is 3. The van der Waals surface area contributed by atoms with Gasteiger partial charge >= 0.3 is 5.97 Å². The van der Waals surface area contributed by atoms with E-state index in [0.29, 0.717) is 11.5 Å². The predicted octanol–water partition coefficient (Wildman–Crippen LogP) is 2.16. The molecule has 0 aromatic heterocycles. The van der Waals surface area contributed by atoms with Crippen molar-refractivity contribution in [3.8, 4) is 11.5 Å². The summed E-state index contributed by atoms with van der Waals surface area (Å²) in [7, 11) is 0.405. The normalized spacial score (nSPS) is 11.1. The van der Waals surface area contributed by atoms with E-state index in [0.717, 1.165) is 4.31 Å². The minimum atomic E-state index is -3.79.